The van der Waals surface area contributed by atoms with Crippen molar-refractivity contribution in [1.29, 1.82) is 0 Å². The molecule has 0 saturated heterocycles. The summed E-state index contributed by atoms with van der Waals surface area (Å²) in [7, 11) is 0. The van der Waals surface area contributed by atoms with Crippen LogP contribution in [-0.4, -0.2) is 6.61 Å². The molecule has 3 heteroatoms. The maximum Gasteiger partial charge on any atom is 0.168 e. The third-order valence-corrected chi connectivity index (χ3v) is 2.44. The first kappa shape index (κ1) is 13.7. The minimum atomic E-state index is -0.640. The molecule has 0 spiro atoms. The van der Waals surface area contributed by atoms with E-state index in [1.807, 2.05) is 0 Å². The Morgan fingerprint density at radius 1 is 1.29 bits per heavy atom. The molecule has 0 saturated carbocycles. The fraction of sp³-hybridized carbons (Fsp3) is 0.429. The predicted octanol–water partition coefficient (Wildman–Crippen LogP) is 4.26. The molecule has 0 aliphatic heterocycles. The molecule has 0 aliphatic rings. The van der Waals surface area contributed by atoms with Crippen molar-refractivity contribution in [3.63, 3.8) is 0 Å². The number of hydrogen-bond donors (Lipinski definition) is 0. The number of allylic oxidation sites excluding steroid dienone is 1. The monoisotopic (exact) mass is 240 g/mol. The minimum absolute atomic E-state index is 0.155. The molecular formula is C14H18F2O. The molecular weight excluding hydrogens is 222 g/mol. The van der Waals surface area contributed by atoms with Gasteiger partial charge in [-0.1, -0.05) is 25.8 Å². The fourth-order valence-electron chi connectivity index (χ4n) is 1.61. The Morgan fingerprint density at radius 3 is 2.71 bits per heavy atom. The average molecular weight is 240 g/mol. The van der Waals surface area contributed by atoms with Gasteiger partial charge >= 0.3 is 0 Å². The van der Waals surface area contributed by atoms with Crippen LogP contribution in [0.15, 0.2) is 24.8 Å². The van der Waals surface area contributed by atoms with Crippen molar-refractivity contribution in [3.8, 4) is 5.75 Å². The van der Waals surface area contributed by atoms with E-state index in [-0.39, 0.29) is 5.75 Å². The third-order valence-electron chi connectivity index (χ3n) is 2.44. The first-order valence-corrected chi connectivity index (χ1v) is 5.90. The maximum absolute atomic E-state index is 13.5. The van der Waals surface area contributed by atoms with Crippen LogP contribution in [-0.2, 0) is 6.42 Å². The van der Waals surface area contributed by atoms with Crippen LogP contribution in [0.1, 0.15) is 31.7 Å². The van der Waals surface area contributed by atoms with Gasteiger partial charge in [-0.05, 0) is 18.9 Å². The first-order chi connectivity index (χ1) is 8.19. The summed E-state index contributed by atoms with van der Waals surface area (Å²) in [6, 6.07) is 2.14. The summed E-state index contributed by atoms with van der Waals surface area (Å²) >= 11 is 0. The highest BCUT2D eigenvalue weighted by atomic mass is 19.1. The quantitative estimate of drug-likeness (QED) is 0.511. The molecule has 0 fully saturated rings. The van der Waals surface area contributed by atoms with E-state index in [4.69, 9.17) is 4.74 Å². The number of ether oxygens (including phenoxy) is 1. The average Bonchev–Trinajstić information content (AvgIpc) is 2.27. The Balaban J connectivity index is 2.76. The van der Waals surface area contributed by atoms with Crippen molar-refractivity contribution in [2.45, 2.75) is 32.6 Å². The maximum atomic E-state index is 13.5. The van der Waals surface area contributed by atoms with Crippen LogP contribution < -0.4 is 4.74 Å². The zero-order valence-corrected chi connectivity index (χ0v) is 10.1. The molecule has 0 atom stereocenters. The fourth-order valence-corrected chi connectivity index (χ4v) is 1.61. The second-order valence-electron chi connectivity index (χ2n) is 3.92. The number of unbranched alkanes of at least 4 members (excludes halogenated alkanes) is 2. The van der Waals surface area contributed by atoms with Gasteiger partial charge in [0.1, 0.15) is 5.82 Å². The van der Waals surface area contributed by atoms with Crippen LogP contribution in [0.4, 0.5) is 8.78 Å². The molecule has 0 N–H and O–H groups in total. The van der Waals surface area contributed by atoms with Gasteiger partial charge in [0.05, 0.1) is 6.61 Å². The number of halogens is 2. The standard InChI is InChI=1S/C14H18F2O/c1-3-5-6-8-17-14-11(7-4-2)9-12(15)10-13(14)16/h4,9-10H,2-3,5-8H2,1H3. The minimum Gasteiger partial charge on any atom is -0.490 e. The summed E-state index contributed by atoms with van der Waals surface area (Å²) in [5.41, 5.74) is 0.508. The number of rotatable bonds is 7. The molecule has 1 aromatic carbocycles. The van der Waals surface area contributed by atoms with Gasteiger partial charge in [0.15, 0.2) is 11.6 Å². The third kappa shape index (κ3) is 4.17. The summed E-state index contributed by atoms with van der Waals surface area (Å²) in [6.07, 6.45) is 5.00. The zero-order chi connectivity index (χ0) is 12.7. The SMILES string of the molecule is C=CCc1cc(F)cc(F)c1OCCCCC. The summed E-state index contributed by atoms with van der Waals surface area (Å²) in [5, 5.41) is 0. The first-order valence-electron chi connectivity index (χ1n) is 5.90. The van der Waals surface area contributed by atoms with Gasteiger partial charge in [0.2, 0.25) is 0 Å². The molecule has 17 heavy (non-hydrogen) atoms. The number of benzene rings is 1. The smallest absolute Gasteiger partial charge is 0.168 e. The Morgan fingerprint density at radius 2 is 2.06 bits per heavy atom. The molecule has 1 rings (SSSR count). The molecule has 0 radical (unpaired) electrons. The van der Waals surface area contributed by atoms with Crippen LogP contribution in [0.5, 0.6) is 5.75 Å². The van der Waals surface area contributed by atoms with Crippen LogP contribution in [0.3, 0.4) is 0 Å². The largest absolute Gasteiger partial charge is 0.490 e. The zero-order valence-electron chi connectivity index (χ0n) is 10.1. The molecule has 0 aliphatic carbocycles. The Bertz CT molecular complexity index is 375. The molecule has 1 aromatic rings. The van der Waals surface area contributed by atoms with E-state index in [2.05, 4.69) is 13.5 Å². The molecule has 0 heterocycles. The topological polar surface area (TPSA) is 9.23 Å². The Kier molecular flexibility index (Phi) is 5.67. The van der Waals surface area contributed by atoms with Crippen LogP contribution in [0.25, 0.3) is 0 Å². The van der Waals surface area contributed by atoms with Crippen LogP contribution in [0, 0.1) is 11.6 Å². The summed E-state index contributed by atoms with van der Waals surface area (Å²) in [5.74, 6) is -1.07. The molecule has 0 bridgehead atoms. The van der Waals surface area contributed by atoms with Crippen molar-refractivity contribution < 1.29 is 13.5 Å². The van der Waals surface area contributed by atoms with Gasteiger partial charge in [0, 0.05) is 11.6 Å². The van der Waals surface area contributed by atoms with Crippen molar-refractivity contribution in [3.05, 3.63) is 42.0 Å². The summed E-state index contributed by atoms with van der Waals surface area (Å²) in [4.78, 5) is 0. The molecule has 0 aromatic heterocycles. The lowest BCUT2D eigenvalue weighted by molar-refractivity contribution is 0.288. The second kappa shape index (κ2) is 7.05. The van der Waals surface area contributed by atoms with Crippen molar-refractivity contribution in [2.75, 3.05) is 6.61 Å². The molecule has 0 unspecified atom stereocenters. The lowest BCUT2D eigenvalue weighted by Crippen LogP contribution is -2.03. The van der Waals surface area contributed by atoms with Gasteiger partial charge in [0.25, 0.3) is 0 Å². The van der Waals surface area contributed by atoms with Crippen LogP contribution in [0.2, 0.25) is 0 Å². The highest BCUT2D eigenvalue weighted by molar-refractivity contribution is 5.36. The number of hydrogen-bond acceptors (Lipinski definition) is 1. The van der Waals surface area contributed by atoms with E-state index in [9.17, 15) is 8.78 Å². The molecule has 1 nitrogen and oxygen atoms in total. The predicted molar refractivity (Wildman–Crippen MR) is 65.3 cm³/mol. The van der Waals surface area contributed by atoms with Gasteiger partial charge in [-0.25, -0.2) is 8.78 Å². The van der Waals surface area contributed by atoms with Gasteiger partial charge < -0.3 is 4.74 Å². The van der Waals surface area contributed by atoms with E-state index in [0.717, 1.165) is 25.3 Å². The lowest BCUT2D eigenvalue weighted by Gasteiger charge is -2.11. The van der Waals surface area contributed by atoms with Gasteiger partial charge in [-0.2, -0.15) is 0 Å². The van der Waals surface area contributed by atoms with E-state index < -0.39 is 11.6 Å². The van der Waals surface area contributed by atoms with E-state index in [1.165, 1.54) is 6.07 Å². The highest BCUT2D eigenvalue weighted by Gasteiger charge is 2.11. The van der Waals surface area contributed by atoms with Gasteiger partial charge in [-0.3, -0.25) is 0 Å². The highest BCUT2D eigenvalue weighted by Crippen LogP contribution is 2.25. The van der Waals surface area contributed by atoms with E-state index in [0.29, 0.717) is 18.6 Å². The summed E-state index contributed by atoms with van der Waals surface area (Å²) in [6.45, 7) is 6.11. The second-order valence-corrected chi connectivity index (χ2v) is 3.92. The van der Waals surface area contributed by atoms with E-state index >= 15 is 0 Å². The Labute approximate surface area is 101 Å². The van der Waals surface area contributed by atoms with Crippen molar-refractivity contribution >= 4 is 0 Å². The Hall–Kier alpha value is -1.38. The van der Waals surface area contributed by atoms with Crippen molar-refractivity contribution in [2.24, 2.45) is 0 Å². The lowest BCUT2D eigenvalue weighted by atomic mass is 10.1. The molecule has 94 valence electrons. The van der Waals surface area contributed by atoms with Gasteiger partial charge in [-0.15, -0.1) is 6.58 Å². The summed E-state index contributed by atoms with van der Waals surface area (Å²) < 4.78 is 32.0. The van der Waals surface area contributed by atoms with Crippen molar-refractivity contribution in [1.82, 2.24) is 0 Å². The normalized spacial score (nSPS) is 10.3. The van der Waals surface area contributed by atoms with Crippen LogP contribution >= 0.6 is 0 Å². The van der Waals surface area contributed by atoms with E-state index in [1.54, 1.807) is 6.08 Å². The molecule has 0 amide bonds.